The van der Waals surface area contributed by atoms with Crippen molar-refractivity contribution in [2.75, 3.05) is 19.6 Å². The molecule has 0 aliphatic heterocycles. The summed E-state index contributed by atoms with van der Waals surface area (Å²) in [6, 6.07) is 1.92. The average molecular weight is 367 g/mol. The number of amides is 1. The molecule has 0 aromatic carbocycles. The molecule has 0 aliphatic carbocycles. The van der Waals surface area contributed by atoms with E-state index in [9.17, 15) is 4.79 Å². The summed E-state index contributed by atoms with van der Waals surface area (Å²) in [6.07, 6.45) is 4.23. The van der Waals surface area contributed by atoms with Crippen LogP contribution in [-0.4, -0.2) is 52.6 Å². The molecule has 0 fully saturated rings. The molecule has 1 aromatic rings. The number of aliphatic imine (C=N–C) groups is 1. The van der Waals surface area contributed by atoms with Gasteiger partial charge in [-0.15, -0.1) is 0 Å². The normalized spacial score (nSPS) is 12.6. The number of ether oxygens (including phenoxy) is 1. The van der Waals surface area contributed by atoms with Crippen LogP contribution in [0.15, 0.2) is 23.5 Å². The van der Waals surface area contributed by atoms with E-state index >= 15 is 0 Å². The SMILES string of the molecule is CCNC(=NCC(C)(C)NC(=O)OC(C)(C)C)NCCCn1cccn1. The number of nitrogens with zero attached hydrogens (tertiary/aromatic N) is 3. The lowest BCUT2D eigenvalue weighted by Crippen LogP contribution is -2.49. The summed E-state index contributed by atoms with van der Waals surface area (Å²) in [7, 11) is 0. The fraction of sp³-hybridized carbons (Fsp3) is 0.722. The molecule has 0 bridgehead atoms. The van der Waals surface area contributed by atoms with Gasteiger partial charge in [-0.25, -0.2) is 4.79 Å². The summed E-state index contributed by atoms with van der Waals surface area (Å²) in [5.74, 6) is 0.729. The van der Waals surface area contributed by atoms with E-state index in [4.69, 9.17) is 4.74 Å². The molecular formula is C18H34N6O2. The molecule has 0 aliphatic rings. The summed E-state index contributed by atoms with van der Waals surface area (Å²) in [4.78, 5) is 16.5. The zero-order valence-corrected chi connectivity index (χ0v) is 16.9. The Morgan fingerprint density at radius 3 is 2.54 bits per heavy atom. The van der Waals surface area contributed by atoms with Gasteiger partial charge in [-0.05, 0) is 54.0 Å². The van der Waals surface area contributed by atoms with Gasteiger partial charge in [0.2, 0.25) is 0 Å². The molecular weight excluding hydrogens is 332 g/mol. The zero-order valence-electron chi connectivity index (χ0n) is 16.9. The van der Waals surface area contributed by atoms with Crippen LogP contribution in [0.3, 0.4) is 0 Å². The maximum atomic E-state index is 11.9. The number of hydrogen-bond acceptors (Lipinski definition) is 4. The van der Waals surface area contributed by atoms with Crippen LogP contribution in [0.5, 0.6) is 0 Å². The van der Waals surface area contributed by atoms with E-state index in [2.05, 4.69) is 26.0 Å². The summed E-state index contributed by atoms with van der Waals surface area (Å²) in [5.41, 5.74) is -1.03. The summed E-state index contributed by atoms with van der Waals surface area (Å²) >= 11 is 0. The number of aromatic nitrogens is 2. The van der Waals surface area contributed by atoms with Crippen LogP contribution in [0.2, 0.25) is 0 Å². The van der Waals surface area contributed by atoms with Crippen molar-refractivity contribution in [3.05, 3.63) is 18.5 Å². The van der Waals surface area contributed by atoms with Crippen molar-refractivity contribution in [1.29, 1.82) is 0 Å². The molecule has 0 saturated carbocycles. The number of hydrogen-bond donors (Lipinski definition) is 3. The lowest BCUT2D eigenvalue weighted by molar-refractivity contribution is 0.0476. The predicted octanol–water partition coefficient (Wildman–Crippen LogP) is 2.13. The van der Waals surface area contributed by atoms with E-state index in [1.807, 2.05) is 58.5 Å². The summed E-state index contributed by atoms with van der Waals surface area (Å²) in [6.45, 7) is 14.2. The highest BCUT2D eigenvalue weighted by Crippen LogP contribution is 2.09. The highest BCUT2D eigenvalue weighted by molar-refractivity contribution is 5.79. The molecule has 26 heavy (non-hydrogen) atoms. The van der Waals surface area contributed by atoms with Crippen LogP contribution >= 0.6 is 0 Å². The maximum Gasteiger partial charge on any atom is 0.408 e. The fourth-order valence-corrected chi connectivity index (χ4v) is 2.12. The van der Waals surface area contributed by atoms with E-state index in [-0.39, 0.29) is 0 Å². The number of carbonyl (C=O) groups excluding carboxylic acids is 1. The molecule has 0 saturated heterocycles. The number of nitrogens with one attached hydrogen (secondary N) is 3. The minimum atomic E-state index is -0.519. The topological polar surface area (TPSA) is 92.6 Å². The molecule has 0 atom stereocenters. The number of rotatable bonds is 8. The molecule has 0 radical (unpaired) electrons. The van der Waals surface area contributed by atoms with Crippen LogP contribution < -0.4 is 16.0 Å². The number of alkyl carbamates (subject to hydrolysis) is 1. The van der Waals surface area contributed by atoms with Crippen LogP contribution in [0.1, 0.15) is 48.0 Å². The molecule has 0 spiro atoms. The van der Waals surface area contributed by atoms with Gasteiger partial charge in [-0.1, -0.05) is 0 Å². The number of guanidine groups is 1. The first-order chi connectivity index (χ1) is 12.1. The Hall–Kier alpha value is -2.25. The van der Waals surface area contributed by atoms with Gasteiger partial charge in [0, 0.05) is 32.0 Å². The largest absolute Gasteiger partial charge is 0.444 e. The third kappa shape index (κ3) is 9.90. The van der Waals surface area contributed by atoms with Crippen LogP contribution in [-0.2, 0) is 11.3 Å². The molecule has 8 nitrogen and oxygen atoms in total. The van der Waals surface area contributed by atoms with Crippen molar-refractivity contribution in [3.63, 3.8) is 0 Å². The first kappa shape index (κ1) is 21.8. The van der Waals surface area contributed by atoms with Gasteiger partial charge in [0.25, 0.3) is 0 Å². The van der Waals surface area contributed by atoms with E-state index in [0.717, 1.165) is 32.0 Å². The van der Waals surface area contributed by atoms with Gasteiger partial charge in [-0.3, -0.25) is 9.67 Å². The zero-order chi connectivity index (χ0) is 19.6. The molecule has 1 aromatic heterocycles. The lowest BCUT2D eigenvalue weighted by atomic mass is 10.1. The molecule has 8 heteroatoms. The van der Waals surface area contributed by atoms with Crippen LogP contribution in [0.4, 0.5) is 4.79 Å². The third-order valence-electron chi connectivity index (χ3n) is 3.23. The summed E-state index contributed by atoms with van der Waals surface area (Å²) in [5, 5.41) is 13.6. The van der Waals surface area contributed by atoms with Gasteiger partial charge in [0.15, 0.2) is 5.96 Å². The van der Waals surface area contributed by atoms with Crippen molar-refractivity contribution >= 4 is 12.1 Å². The molecule has 3 N–H and O–H groups in total. The minimum absolute atomic E-state index is 0.431. The average Bonchev–Trinajstić information content (AvgIpc) is 2.99. The molecule has 1 heterocycles. The highest BCUT2D eigenvalue weighted by Gasteiger charge is 2.24. The van der Waals surface area contributed by atoms with Gasteiger partial charge in [0.05, 0.1) is 12.1 Å². The van der Waals surface area contributed by atoms with Gasteiger partial charge >= 0.3 is 6.09 Å². The molecule has 1 amide bonds. The van der Waals surface area contributed by atoms with E-state index < -0.39 is 17.2 Å². The quantitative estimate of drug-likeness (QED) is 0.372. The Balaban J connectivity index is 2.45. The van der Waals surface area contributed by atoms with Crippen molar-refractivity contribution in [1.82, 2.24) is 25.7 Å². The lowest BCUT2D eigenvalue weighted by Gasteiger charge is -2.27. The second-order valence-corrected chi connectivity index (χ2v) is 7.76. The Morgan fingerprint density at radius 1 is 1.23 bits per heavy atom. The molecule has 148 valence electrons. The Morgan fingerprint density at radius 2 is 1.96 bits per heavy atom. The van der Waals surface area contributed by atoms with Gasteiger partial charge in [-0.2, -0.15) is 5.10 Å². The second kappa shape index (κ2) is 10.0. The molecule has 0 unspecified atom stereocenters. The van der Waals surface area contributed by atoms with Crippen LogP contribution in [0.25, 0.3) is 0 Å². The third-order valence-corrected chi connectivity index (χ3v) is 3.23. The standard InChI is InChI=1S/C18H34N6O2/c1-7-19-15(20-10-8-12-24-13-9-11-22-24)21-14-18(5,6)23-16(25)26-17(2,3)4/h9,11,13H,7-8,10,12,14H2,1-6H3,(H,23,25)(H2,19,20,21). The van der Waals surface area contributed by atoms with E-state index in [1.54, 1.807) is 6.20 Å². The van der Waals surface area contributed by atoms with E-state index in [0.29, 0.717) is 6.54 Å². The first-order valence-electron chi connectivity index (χ1n) is 9.12. The smallest absolute Gasteiger partial charge is 0.408 e. The first-order valence-corrected chi connectivity index (χ1v) is 9.12. The molecule has 1 rings (SSSR count). The van der Waals surface area contributed by atoms with Crippen molar-refractivity contribution in [2.24, 2.45) is 4.99 Å². The Bertz CT molecular complexity index is 561. The number of aryl methyl sites for hydroxylation is 1. The Kier molecular flexibility index (Phi) is 8.41. The summed E-state index contributed by atoms with van der Waals surface area (Å²) < 4.78 is 7.21. The predicted molar refractivity (Wildman–Crippen MR) is 104 cm³/mol. The monoisotopic (exact) mass is 366 g/mol. The van der Waals surface area contributed by atoms with Crippen molar-refractivity contribution < 1.29 is 9.53 Å². The minimum Gasteiger partial charge on any atom is -0.444 e. The highest BCUT2D eigenvalue weighted by atomic mass is 16.6. The number of carbonyl (C=O) groups is 1. The second-order valence-electron chi connectivity index (χ2n) is 7.76. The van der Waals surface area contributed by atoms with Gasteiger partial charge < -0.3 is 20.7 Å². The van der Waals surface area contributed by atoms with Gasteiger partial charge in [0.1, 0.15) is 5.60 Å². The van der Waals surface area contributed by atoms with Crippen LogP contribution in [0, 0.1) is 0 Å². The van der Waals surface area contributed by atoms with Crippen molar-refractivity contribution in [3.8, 4) is 0 Å². The maximum absolute atomic E-state index is 11.9. The van der Waals surface area contributed by atoms with E-state index in [1.165, 1.54) is 0 Å². The van der Waals surface area contributed by atoms with Crippen molar-refractivity contribution in [2.45, 2.75) is 65.6 Å². The Labute approximate surface area is 156 Å². The fourth-order valence-electron chi connectivity index (χ4n) is 2.12.